The van der Waals surface area contributed by atoms with Gasteiger partial charge in [-0.2, -0.15) is 0 Å². The largest absolute Gasteiger partial charge is 0.479 e. The number of rotatable bonds is 8. The summed E-state index contributed by atoms with van der Waals surface area (Å²) in [6, 6.07) is 10.4. The highest BCUT2D eigenvalue weighted by Crippen LogP contribution is 2.26. The SMILES string of the molecule is COc1nc(CNC(=O)c2cc(=O)n3ccccc3n2)cc2cc(CNCC3CCC3)cnc12. The normalized spacial score (nSPS) is 13.7. The number of hydrogen-bond donors (Lipinski definition) is 2. The molecule has 4 aromatic heterocycles. The third-order valence-corrected chi connectivity index (χ3v) is 6.16. The van der Waals surface area contributed by atoms with Gasteiger partial charge in [0.05, 0.1) is 19.3 Å². The highest BCUT2D eigenvalue weighted by molar-refractivity contribution is 5.92. The monoisotopic (exact) mass is 458 g/mol. The lowest BCUT2D eigenvalue weighted by Crippen LogP contribution is -2.27. The first-order chi connectivity index (χ1) is 16.6. The van der Waals surface area contributed by atoms with Gasteiger partial charge in [-0.25, -0.2) is 9.97 Å². The van der Waals surface area contributed by atoms with Gasteiger partial charge in [-0.3, -0.25) is 19.0 Å². The first-order valence-electron chi connectivity index (χ1n) is 11.4. The van der Waals surface area contributed by atoms with E-state index in [0.29, 0.717) is 22.7 Å². The van der Waals surface area contributed by atoms with Gasteiger partial charge in [-0.15, -0.1) is 0 Å². The fraction of sp³-hybridized carbons (Fsp3) is 0.320. The Balaban J connectivity index is 1.32. The molecule has 0 saturated heterocycles. The summed E-state index contributed by atoms with van der Waals surface area (Å²) >= 11 is 0. The van der Waals surface area contributed by atoms with Gasteiger partial charge in [0.2, 0.25) is 5.88 Å². The Morgan fingerprint density at radius 3 is 2.85 bits per heavy atom. The maximum Gasteiger partial charge on any atom is 0.270 e. The van der Waals surface area contributed by atoms with Gasteiger partial charge in [0.15, 0.2) is 0 Å². The molecular formula is C25H26N6O3. The fourth-order valence-corrected chi connectivity index (χ4v) is 4.09. The third kappa shape index (κ3) is 4.60. The van der Waals surface area contributed by atoms with Crippen molar-refractivity contribution in [1.82, 2.24) is 30.0 Å². The summed E-state index contributed by atoms with van der Waals surface area (Å²) in [5.74, 6) is 0.746. The second-order valence-corrected chi connectivity index (χ2v) is 8.56. The summed E-state index contributed by atoms with van der Waals surface area (Å²) in [6.45, 7) is 1.94. The molecule has 1 aliphatic carbocycles. The van der Waals surface area contributed by atoms with E-state index in [4.69, 9.17) is 4.74 Å². The topological polar surface area (TPSA) is 111 Å². The fourth-order valence-electron chi connectivity index (χ4n) is 4.09. The molecule has 0 radical (unpaired) electrons. The number of ether oxygens (including phenoxy) is 1. The van der Waals surface area contributed by atoms with Crippen molar-refractivity contribution in [3.63, 3.8) is 0 Å². The average molecular weight is 459 g/mol. The molecule has 9 nitrogen and oxygen atoms in total. The van der Waals surface area contributed by atoms with Crippen LogP contribution in [0.4, 0.5) is 0 Å². The minimum absolute atomic E-state index is 0.0606. The van der Waals surface area contributed by atoms with Gasteiger partial charge in [-0.05, 0) is 55.1 Å². The smallest absolute Gasteiger partial charge is 0.270 e. The van der Waals surface area contributed by atoms with Gasteiger partial charge in [-0.1, -0.05) is 12.5 Å². The number of hydrogen-bond acceptors (Lipinski definition) is 7. The van der Waals surface area contributed by atoms with Crippen molar-refractivity contribution in [2.75, 3.05) is 13.7 Å². The second-order valence-electron chi connectivity index (χ2n) is 8.56. The van der Waals surface area contributed by atoms with Crippen LogP contribution in [0.5, 0.6) is 5.88 Å². The first-order valence-corrected chi connectivity index (χ1v) is 11.4. The molecule has 2 N–H and O–H groups in total. The number of nitrogens with zero attached hydrogens (tertiary/aromatic N) is 4. The van der Waals surface area contributed by atoms with E-state index in [0.717, 1.165) is 30.0 Å². The van der Waals surface area contributed by atoms with Crippen LogP contribution in [-0.2, 0) is 13.1 Å². The minimum atomic E-state index is -0.448. The zero-order chi connectivity index (χ0) is 23.5. The van der Waals surface area contributed by atoms with Crippen LogP contribution in [0, 0.1) is 5.92 Å². The van der Waals surface area contributed by atoms with Gasteiger partial charge in [0.25, 0.3) is 11.5 Å². The molecule has 174 valence electrons. The molecule has 1 saturated carbocycles. The molecule has 1 amide bonds. The molecule has 5 rings (SSSR count). The van der Waals surface area contributed by atoms with Crippen LogP contribution in [0.25, 0.3) is 16.6 Å². The number of carbonyl (C=O) groups excluding carboxylic acids is 1. The summed E-state index contributed by atoms with van der Waals surface area (Å²) in [7, 11) is 1.55. The number of aromatic nitrogens is 4. The van der Waals surface area contributed by atoms with Crippen molar-refractivity contribution in [3.05, 3.63) is 76.1 Å². The highest BCUT2D eigenvalue weighted by Gasteiger charge is 2.17. The maximum atomic E-state index is 12.7. The summed E-state index contributed by atoms with van der Waals surface area (Å²) < 4.78 is 6.83. The lowest BCUT2D eigenvalue weighted by atomic mass is 9.85. The Hall–Kier alpha value is -3.85. The Labute approximate surface area is 196 Å². The number of methoxy groups -OCH3 is 1. The van der Waals surface area contributed by atoms with E-state index in [2.05, 4.69) is 31.7 Å². The molecule has 0 aromatic carbocycles. The van der Waals surface area contributed by atoms with Crippen LogP contribution in [0.1, 0.15) is 41.0 Å². The average Bonchev–Trinajstić information content (AvgIpc) is 2.83. The standard InChI is InChI=1S/C25H26N6O3/c1-34-25-23-18(9-17(14-27-23)13-26-12-16-5-4-6-16)10-19(29-25)15-28-24(33)20-11-22(32)31-8-3-2-7-21(31)30-20/h2-3,7-11,14,16,26H,4-6,12-13,15H2,1H3,(H,28,33). The number of fused-ring (bicyclic) bond motifs is 2. The minimum Gasteiger partial charge on any atom is -0.479 e. The van der Waals surface area contributed by atoms with Crippen molar-refractivity contribution in [2.24, 2.45) is 5.92 Å². The van der Waals surface area contributed by atoms with E-state index >= 15 is 0 Å². The molecule has 34 heavy (non-hydrogen) atoms. The van der Waals surface area contributed by atoms with Crippen LogP contribution < -0.4 is 20.9 Å². The highest BCUT2D eigenvalue weighted by atomic mass is 16.5. The summed E-state index contributed by atoms with van der Waals surface area (Å²) in [5.41, 5.74) is 2.53. The van der Waals surface area contributed by atoms with Crippen molar-refractivity contribution in [2.45, 2.75) is 32.4 Å². The molecule has 0 bridgehead atoms. The zero-order valence-corrected chi connectivity index (χ0v) is 19.0. The molecule has 0 unspecified atom stereocenters. The van der Waals surface area contributed by atoms with Gasteiger partial charge < -0.3 is 15.4 Å². The number of carbonyl (C=O) groups is 1. The summed E-state index contributed by atoms with van der Waals surface area (Å²) in [6.07, 6.45) is 7.41. The lowest BCUT2D eigenvalue weighted by Gasteiger charge is -2.25. The zero-order valence-electron chi connectivity index (χ0n) is 19.0. The second kappa shape index (κ2) is 9.56. The maximum absolute atomic E-state index is 12.7. The summed E-state index contributed by atoms with van der Waals surface area (Å²) in [4.78, 5) is 38.3. The molecule has 0 spiro atoms. The molecule has 4 aromatic rings. The lowest BCUT2D eigenvalue weighted by molar-refractivity contribution is 0.0945. The van der Waals surface area contributed by atoms with Crippen LogP contribution >= 0.6 is 0 Å². The van der Waals surface area contributed by atoms with E-state index in [1.807, 2.05) is 12.3 Å². The Morgan fingerprint density at radius 2 is 2.06 bits per heavy atom. The van der Waals surface area contributed by atoms with Gasteiger partial charge >= 0.3 is 0 Å². The van der Waals surface area contributed by atoms with Crippen molar-refractivity contribution >= 4 is 22.5 Å². The Kier molecular flexibility index (Phi) is 6.18. The van der Waals surface area contributed by atoms with E-state index in [9.17, 15) is 9.59 Å². The number of pyridine rings is 3. The summed E-state index contributed by atoms with van der Waals surface area (Å²) in [5, 5.41) is 7.20. The molecule has 4 heterocycles. The van der Waals surface area contributed by atoms with Crippen molar-refractivity contribution in [3.8, 4) is 5.88 Å². The molecule has 0 aliphatic heterocycles. The van der Waals surface area contributed by atoms with Crippen LogP contribution in [0.2, 0.25) is 0 Å². The Bertz CT molecular complexity index is 1410. The third-order valence-electron chi connectivity index (χ3n) is 6.16. The molecule has 9 heteroatoms. The van der Waals surface area contributed by atoms with Gasteiger partial charge in [0, 0.05) is 30.4 Å². The van der Waals surface area contributed by atoms with Crippen LogP contribution in [0.3, 0.4) is 0 Å². The predicted octanol–water partition coefficient (Wildman–Crippen LogP) is 2.47. The Morgan fingerprint density at radius 1 is 1.18 bits per heavy atom. The van der Waals surface area contributed by atoms with E-state index in [1.165, 1.54) is 29.7 Å². The van der Waals surface area contributed by atoms with Crippen LogP contribution in [0.15, 0.2) is 53.6 Å². The quantitative estimate of drug-likeness (QED) is 0.417. The van der Waals surface area contributed by atoms with Crippen molar-refractivity contribution in [1.29, 1.82) is 0 Å². The molecule has 1 fully saturated rings. The van der Waals surface area contributed by atoms with E-state index in [1.54, 1.807) is 31.5 Å². The predicted molar refractivity (Wildman–Crippen MR) is 128 cm³/mol. The van der Waals surface area contributed by atoms with E-state index < -0.39 is 5.91 Å². The van der Waals surface area contributed by atoms with Crippen LogP contribution in [-0.4, -0.2) is 38.9 Å². The van der Waals surface area contributed by atoms with E-state index in [-0.39, 0.29) is 17.8 Å². The number of amides is 1. The molecule has 0 atom stereocenters. The van der Waals surface area contributed by atoms with Crippen molar-refractivity contribution < 1.29 is 9.53 Å². The number of nitrogens with one attached hydrogen (secondary N) is 2. The molecule has 1 aliphatic rings. The first kappa shape index (κ1) is 22.0. The van der Waals surface area contributed by atoms with Gasteiger partial charge in [0.1, 0.15) is 16.9 Å². The molecular weight excluding hydrogens is 432 g/mol.